The number of nitrogens with zero attached hydrogens (tertiary/aromatic N) is 1. The predicted molar refractivity (Wildman–Crippen MR) is 59.9 cm³/mol. The second-order valence-corrected chi connectivity index (χ2v) is 4.75. The summed E-state index contributed by atoms with van der Waals surface area (Å²) in [5.74, 6) is -0.239. The summed E-state index contributed by atoms with van der Waals surface area (Å²) in [5.41, 5.74) is 0. The topological polar surface area (TPSA) is 57.6 Å². The van der Waals surface area contributed by atoms with Crippen molar-refractivity contribution < 1.29 is 14.7 Å². The Bertz CT molecular complexity index is 245. The Morgan fingerprint density at radius 1 is 1.53 bits per heavy atom. The minimum Gasteiger partial charge on any atom is -0.481 e. The molecular weight excluding hydrogens is 214 g/mol. The molecule has 1 amide bonds. The highest BCUT2D eigenvalue weighted by Gasteiger charge is 2.27. The van der Waals surface area contributed by atoms with Gasteiger partial charge in [0.2, 0.25) is 5.91 Å². The third kappa shape index (κ3) is 3.74. The van der Waals surface area contributed by atoms with Crippen LogP contribution in [0.25, 0.3) is 0 Å². The van der Waals surface area contributed by atoms with Crippen molar-refractivity contribution >= 4 is 23.6 Å². The van der Waals surface area contributed by atoms with Gasteiger partial charge in [-0.15, -0.1) is 0 Å². The third-order valence-electron chi connectivity index (χ3n) is 2.64. The molecule has 86 valence electrons. The van der Waals surface area contributed by atoms with Crippen LogP contribution in [0.1, 0.15) is 19.3 Å². The highest BCUT2D eigenvalue weighted by molar-refractivity contribution is 7.98. The molecule has 1 heterocycles. The molecule has 1 N–H and O–H groups in total. The molecule has 0 aromatic rings. The van der Waals surface area contributed by atoms with Crippen LogP contribution >= 0.6 is 11.8 Å². The van der Waals surface area contributed by atoms with E-state index in [9.17, 15) is 9.59 Å². The fourth-order valence-electron chi connectivity index (χ4n) is 1.75. The molecule has 0 spiro atoms. The molecule has 0 aromatic carbocycles. The van der Waals surface area contributed by atoms with Gasteiger partial charge in [-0.3, -0.25) is 9.59 Å². The minimum absolute atomic E-state index is 0.0929. The van der Waals surface area contributed by atoms with Gasteiger partial charge in [0.15, 0.2) is 0 Å². The summed E-state index contributed by atoms with van der Waals surface area (Å²) < 4.78 is 0. The molecule has 0 radical (unpaired) electrons. The number of carbonyl (C=O) groups excluding carboxylic acids is 1. The third-order valence-corrected chi connectivity index (χ3v) is 3.26. The highest BCUT2D eigenvalue weighted by Crippen LogP contribution is 2.17. The van der Waals surface area contributed by atoms with E-state index in [-0.39, 0.29) is 11.8 Å². The van der Waals surface area contributed by atoms with Crippen molar-refractivity contribution in [3.63, 3.8) is 0 Å². The average Bonchev–Trinajstić information content (AvgIpc) is 2.26. The molecule has 1 aliphatic heterocycles. The van der Waals surface area contributed by atoms with E-state index in [2.05, 4.69) is 0 Å². The van der Waals surface area contributed by atoms with E-state index in [1.54, 1.807) is 16.7 Å². The van der Waals surface area contributed by atoms with Gasteiger partial charge in [0, 0.05) is 25.3 Å². The molecule has 1 atom stereocenters. The average molecular weight is 231 g/mol. The summed E-state index contributed by atoms with van der Waals surface area (Å²) in [4.78, 5) is 24.1. The van der Waals surface area contributed by atoms with Gasteiger partial charge in [0.05, 0.1) is 5.92 Å². The zero-order valence-electron chi connectivity index (χ0n) is 8.94. The number of likely N-dealkylation sites (tertiary alicyclic amines) is 1. The van der Waals surface area contributed by atoms with E-state index in [1.807, 2.05) is 6.26 Å². The molecule has 0 aliphatic carbocycles. The van der Waals surface area contributed by atoms with Crippen LogP contribution in [0.4, 0.5) is 0 Å². The number of thioether (sulfide) groups is 1. The SMILES string of the molecule is CSCCC(=O)N1CCC[C@@H](C(=O)O)C1. The lowest BCUT2D eigenvalue weighted by atomic mass is 9.98. The fourth-order valence-corrected chi connectivity index (χ4v) is 2.13. The van der Waals surface area contributed by atoms with Gasteiger partial charge in [-0.1, -0.05) is 0 Å². The summed E-state index contributed by atoms with van der Waals surface area (Å²) in [6, 6.07) is 0. The summed E-state index contributed by atoms with van der Waals surface area (Å²) in [6.07, 6.45) is 3.99. The van der Waals surface area contributed by atoms with Crippen molar-refractivity contribution in [3.05, 3.63) is 0 Å². The minimum atomic E-state index is -0.780. The van der Waals surface area contributed by atoms with Crippen molar-refractivity contribution in [2.45, 2.75) is 19.3 Å². The second-order valence-electron chi connectivity index (χ2n) is 3.76. The fraction of sp³-hybridized carbons (Fsp3) is 0.800. The Balaban J connectivity index is 2.41. The number of piperidine rings is 1. The first kappa shape index (κ1) is 12.4. The van der Waals surface area contributed by atoms with Crippen molar-refractivity contribution in [1.29, 1.82) is 0 Å². The van der Waals surface area contributed by atoms with Crippen LogP contribution in [0.3, 0.4) is 0 Å². The summed E-state index contributed by atoms with van der Waals surface area (Å²) in [5, 5.41) is 8.87. The molecule has 15 heavy (non-hydrogen) atoms. The lowest BCUT2D eigenvalue weighted by molar-refractivity contribution is -0.145. The first-order valence-electron chi connectivity index (χ1n) is 5.14. The van der Waals surface area contributed by atoms with Gasteiger partial charge in [-0.2, -0.15) is 11.8 Å². The van der Waals surface area contributed by atoms with E-state index in [0.29, 0.717) is 19.4 Å². The van der Waals surface area contributed by atoms with E-state index < -0.39 is 5.97 Å². The van der Waals surface area contributed by atoms with Crippen LogP contribution < -0.4 is 0 Å². The summed E-state index contributed by atoms with van der Waals surface area (Å²) in [7, 11) is 0. The molecule has 1 rings (SSSR count). The molecule has 4 nitrogen and oxygen atoms in total. The Morgan fingerprint density at radius 3 is 2.87 bits per heavy atom. The lowest BCUT2D eigenvalue weighted by Crippen LogP contribution is -2.42. The van der Waals surface area contributed by atoms with E-state index in [0.717, 1.165) is 18.7 Å². The largest absolute Gasteiger partial charge is 0.481 e. The smallest absolute Gasteiger partial charge is 0.308 e. The molecule has 0 saturated carbocycles. The molecule has 0 unspecified atom stereocenters. The van der Waals surface area contributed by atoms with E-state index in [4.69, 9.17) is 5.11 Å². The molecule has 0 aromatic heterocycles. The Hall–Kier alpha value is -0.710. The lowest BCUT2D eigenvalue weighted by Gasteiger charge is -2.30. The first-order chi connectivity index (χ1) is 7.15. The Labute approximate surface area is 94.0 Å². The number of rotatable bonds is 4. The van der Waals surface area contributed by atoms with Crippen molar-refractivity contribution in [2.24, 2.45) is 5.92 Å². The molecule has 1 saturated heterocycles. The number of carbonyl (C=O) groups is 2. The van der Waals surface area contributed by atoms with Gasteiger partial charge < -0.3 is 10.0 Å². The first-order valence-corrected chi connectivity index (χ1v) is 6.54. The van der Waals surface area contributed by atoms with E-state index >= 15 is 0 Å². The molecule has 0 bridgehead atoms. The standard InChI is InChI=1S/C10H17NO3S/c1-15-6-4-9(12)11-5-2-3-8(7-11)10(13)14/h8H,2-7H2,1H3,(H,13,14)/t8-/m1/s1. The van der Waals surface area contributed by atoms with Crippen molar-refractivity contribution in [3.8, 4) is 0 Å². The van der Waals surface area contributed by atoms with Crippen LogP contribution in [0.2, 0.25) is 0 Å². The van der Waals surface area contributed by atoms with Gasteiger partial charge >= 0.3 is 5.97 Å². The van der Waals surface area contributed by atoms with Crippen LogP contribution in [-0.2, 0) is 9.59 Å². The molecule has 5 heteroatoms. The maximum Gasteiger partial charge on any atom is 0.308 e. The van der Waals surface area contributed by atoms with Crippen LogP contribution in [-0.4, -0.2) is 47.0 Å². The Morgan fingerprint density at radius 2 is 2.27 bits per heavy atom. The maximum absolute atomic E-state index is 11.6. The number of amides is 1. The summed E-state index contributed by atoms with van der Waals surface area (Å²) in [6.45, 7) is 1.11. The van der Waals surface area contributed by atoms with Gasteiger partial charge in [-0.25, -0.2) is 0 Å². The zero-order valence-corrected chi connectivity index (χ0v) is 9.76. The van der Waals surface area contributed by atoms with Crippen LogP contribution in [0.15, 0.2) is 0 Å². The predicted octanol–water partition coefficient (Wildman–Crippen LogP) is 1.06. The molecule has 1 fully saturated rings. The van der Waals surface area contributed by atoms with Crippen molar-refractivity contribution in [2.75, 3.05) is 25.1 Å². The number of carboxylic acid groups (broad SMARTS) is 1. The monoisotopic (exact) mass is 231 g/mol. The normalized spacial score (nSPS) is 21.4. The second kappa shape index (κ2) is 6.00. The van der Waals surface area contributed by atoms with Crippen LogP contribution in [0, 0.1) is 5.92 Å². The molecular formula is C10H17NO3S. The Kier molecular flexibility index (Phi) is 4.94. The summed E-state index contributed by atoms with van der Waals surface area (Å²) >= 11 is 1.64. The number of aliphatic carboxylic acids is 1. The van der Waals surface area contributed by atoms with Crippen molar-refractivity contribution in [1.82, 2.24) is 4.90 Å². The van der Waals surface area contributed by atoms with E-state index in [1.165, 1.54) is 0 Å². The van der Waals surface area contributed by atoms with Gasteiger partial charge in [0.25, 0.3) is 0 Å². The number of carboxylic acids is 1. The zero-order chi connectivity index (χ0) is 11.3. The van der Waals surface area contributed by atoms with Crippen LogP contribution in [0.5, 0.6) is 0 Å². The number of hydrogen-bond donors (Lipinski definition) is 1. The highest BCUT2D eigenvalue weighted by atomic mass is 32.2. The number of hydrogen-bond acceptors (Lipinski definition) is 3. The maximum atomic E-state index is 11.6. The van der Waals surface area contributed by atoms with Gasteiger partial charge in [0.1, 0.15) is 0 Å². The molecule has 1 aliphatic rings. The van der Waals surface area contributed by atoms with Gasteiger partial charge in [-0.05, 0) is 19.1 Å². The quantitative estimate of drug-likeness (QED) is 0.786.